The lowest BCUT2D eigenvalue weighted by Gasteiger charge is -2.18. The third-order valence-electron chi connectivity index (χ3n) is 2.00. The van der Waals surface area contributed by atoms with E-state index in [0.717, 1.165) is 0 Å². The van der Waals surface area contributed by atoms with Gasteiger partial charge in [0.1, 0.15) is 19.5 Å². The zero-order valence-electron chi connectivity index (χ0n) is 7.97. The molecule has 0 spiro atoms. The van der Waals surface area contributed by atoms with Crippen LogP contribution in [0.3, 0.4) is 0 Å². The molecule has 1 aromatic carbocycles. The summed E-state index contributed by atoms with van der Waals surface area (Å²) in [7, 11) is -1.29. The zero-order chi connectivity index (χ0) is 10.7. The van der Waals surface area contributed by atoms with Gasteiger partial charge >= 0.3 is 0 Å². The fraction of sp³-hybridized carbons (Fsp3) is 0.300. The SMILES string of the molecule is O=CCS(=O)c1ccc2c(c1)OCCO2. The molecule has 0 aromatic heterocycles. The van der Waals surface area contributed by atoms with Crippen LogP contribution in [-0.4, -0.2) is 29.5 Å². The molecule has 0 aliphatic carbocycles. The predicted octanol–water partition coefficient (Wildman–Crippen LogP) is 0.764. The van der Waals surface area contributed by atoms with Crippen molar-refractivity contribution in [3.8, 4) is 11.5 Å². The van der Waals surface area contributed by atoms with Gasteiger partial charge in [0.05, 0.1) is 16.6 Å². The number of hydrogen-bond donors (Lipinski definition) is 0. The van der Waals surface area contributed by atoms with E-state index in [1.807, 2.05) is 0 Å². The van der Waals surface area contributed by atoms with Crippen molar-refractivity contribution in [3.05, 3.63) is 18.2 Å². The highest BCUT2D eigenvalue weighted by Crippen LogP contribution is 2.31. The van der Waals surface area contributed by atoms with Gasteiger partial charge in [0.25, 0.3) is 0 Å². The first-order valence-electron chi connectivity index (χ1n) is 4.53. The summed E-state index contributed by atoms with van der Waals surface area (Å²) in [6.45, 7) is 1.03. The first-order chi connectivity index (χ1) is 7.31. The number of aldehydes is 1. The highest BCUT2D eigenvalue weighted by Gasteiger charge is 2.13. The lowest BCUT2D eigenvalue weighted by molar-refractivity contribution is -0.105. The number of hydrogen-bond acceptors (Lipinski definition) is 4. The molecule has 5 heteroatoms. The number of ether oxygens (including phenoxy) is 2. The normalized spacial score (nSPS) is 15.7. The van der Waals surface area contributed by atoms with Gasteiger partial charge < -0.3 is 14.3 Å². The summed E-state index contributed by atoms with van der Waals surface area (Å²) in [5.41, 5.74) is 0. The molecule has 0 radical (unpaired) electrons. The van der Waals surface area contributed by atoms with Crippen LogP contribution in [0.25, 0.3) is 0 Å². The molecule has 0 bridgehead atoms. The lowest BCUT2D eigenvalue weighted by atomic mass is 10.3. The van der Waals surface area contributed by atoms with E-state index in [-0.39, 0.29) is 5.75 Å². The molecular weight excluding hydrogens is 216 g/mol. The summed E-state index contributed by atoms with van der Waals surface area (Å²) in [5.74, 6) is 1.27. The van der Waals surface area contributed by atoms with Gasteiger partial charge in [-0.05, 0) is 12.1 Å². The molecule has 0 amide bonds. The van der Waals surface area contributed by atoms with Gasteiger partial charge in [0.2, 0.25) is 0 Å². The van der Waals surface area contributed by atoms with Crippen molar-refractivity contribution in [2.45, 2.75) is 4.90 Å². The van der Waals surface area contributed by atoms with Gasteiger partial charge in [0.15, 0.2) is 11.5 Å². The first-order valence-corrected chi connectivity index (χ1v) is 5.85. The van der Waals surface area contributed by atoms with Crippen LogP contribution in [0.1, 0.15) is 0 Å². The van der Waals surface area contributed by atoms with Crippen molar-refractivity contribution in [1.29, 1.82) is 0 Å². The van der Waals surface area contributed by atoms with Crippen LogP contribution >= 0.6 is 0 Å². The van der Waals surface area contributed by atoms with Crippen LogP contribution in [0, 0.1) is 0 Å². The Bertz CT molecular complexity index is 402. The van der Waals surface area contributed by atoms with Crippen LogP contribution in [-0.2, 0) is 15.6 Å². The molecule has 1 aromatic rings. The molecule has 1 heterocycles. The highest BCUT2D eigenvalue weighted by atomic mass is 32.2. The van der Waals surface area contributed by atoms with Crippen LogP contribution < -0.4 is 9.47 Å². The number of carbonyl (C=O) groups is 1. The summed E-state index contributed by atoms with van der Waals surface area (Å²) in [5, 5.41) is 0. The molecule has 1 atom stereocenters. The Hall–Kier alpha value is -1.36. The average Bonchev–Trinajstić information content (AvgIpc) is 2.29. The minimum atomic E-state index is -1.29. The maximum absolute atomic E-state index is 11.5. The Kier molecular flexibility index (Phi) is 3.01. The van der Waals surface area contributed by atoms with Crippen LogP contribution in [0.2, 0.25) is 0 Å². The summed E-state index contributed by atoms with van der Waals surface area (Å²) in [4.78, 5) is 10.8. The van der Waals surface area contributed by atoms with E-state index in [1.165, 1.54) is 0 Å². The molecule has 0 saturated carbocycles. The summed E-state index contributed by atoms with van der Waals surface area (Å²) in [6, 6.07) is 5.06. The fourth-order valence-corrected chi connectivity index (χ4v) is 2.10. The van der Waals surface area contributed by atoms with E-state index < -0.39 is 10.8 Å². The monoisotopic (exact) mass is 226 g/mol. The molecule has 0 saturated heterocycles. The van der Waals surface area contributed by atoms with Crippen molar-refractivity contribution >= 4 is 17.1 Å². The number of benzene rings is 1. The van der Waals surface area contributed by atoms with Crippen LogP contribution in [0.4, 0.5) is 0 Å². The van der Waals surface area contributed by atoms with E-state index in [4.69, 9.17) is 9.47 Å². The van der Waals surface area contributed by atoms with E-state index in [1.54, 1.807) is 18.2 Å². The molecule has 80 valence electrons. The third kappa shape index (κ3) is 2.18. The lowest BCUT2D eigenvalue weighted by Crippen LogP contribution is -2.15. The summed E-state index contributed by atoms with van der Waals surface area (Å²) >= 11 is 0. The molecule has 0 fully saturated rings. The largest absolute Gasteiger partial charge is 0.486 e. The summed E-state index contributed by atoms with van der Waals surface area (Å²) < 4.78 is 22.2. The maximum Gasteiger partial charge on any atom is 0.162 e. The molecule has 15 heavy (non-hydrogen) atoms. The Balaban J connectivity index is 2.27. The third-order valence-corrected chi connectivity index (χ3v) is 3.21. The van der Waals surface area contributed by atoms with Crippen molar-refractivity contribution in [3.63, 3.8) is 0 Å². The van der Waals surface area contributed by atoms with E-state index in [9.17, 15) is 9.00 Å². The Morgan fingerprint density at radius 3 is 2.73 bits per heavy atom. The average molecular weight is 226 g/mol. The second-order valence-corrected chi connectivity index (χ2v) is 4.48. The molecule has 4 nitrogen and oxygen atoms in total. The number of carbonyl (C=O) groups excluding carboxylic acids is 1. The van der Waals surface area contributed by atoms with Gasteiger partial charge in [-0.25, -0.2) is 0 Å². The predicted molar refractivity (Wildman–Crippen MR) is 54.8 cm³/mol. The maximum atomic E-state index is 11.5. The molecule has 2 rings (SSSR count). The van der Waals surface area contributed by atoms with Crippen molar-refractivity contribution in [2.75, 3.05) is 19.0 Å². The van der Waals surface area contributed by atoms with Gasteiger partial charge in [-0.1, -0.05) is 0 Å². The highest BCUT2D eigenvalue weighted by molar-refractivity contribution is 7.85. The van der Waals surface area contributed by atoms with E-state index in [2.05, 4.69) is 0 Å². The quantitative estimate of drug-likeness (QED) is 0.714. The van der Waals surface area contributed by atoms with Gasteiger partial charge in [-0.15, -0.1) is 0 Å². The van der Waals surface area contributed by atoms with Gasteiger partial charge in [0, 0.05) is 11.0 Å². The van der Waals surface area contributed by atoms with Crippen LogP contribution in [0.15, 0.2) is 23.1 Å². The smallest absolute Gasteiger partial charge is 0.162 e. The standard InChI is InChI=1S/C10H10O4S/c11-3-6-15(12)8-1-2-9-10(7-8)14-5-4-13-9/h1-3,7H,4-6H2. The molecule has 1 aliphatic heterocycles. The second kappa shape index (κ2) is 4.44. The number of rotatable bonds is 3. The van der Waals surface area contributed by atoms with Crippen molar-refractivity contribution in [2.24, 2.45) is 0 Å². The van der Waals surface area contributed by atoms with Gasteiger partial charge in [-0.2, -0.15) is 0 Å². The first kappa shape index (κ1) is 10.2. The van der Waals surface area contributed by atoms with E-state index in [0.29, 0.717) is 35.9 Å². The van der Waals surface area contributed by atoms with E-state index >= 15 is 0 Å². The number of fused-ring (bicyclic) bond motifs is 1. The zero-order valence-corrected chi connectivity index (χ0v) is 8.79. The molecule has 1 unspecified atom stereocenters. The minimum absolute atomic E-state index is 0.0135. The van der Waals surface area contributed by atoms with Crippen molar-refractivity contribution < 1.29 is 18.5 Å². The topological polar surface area (TPSA) is 52.6 Å². The summed E-state index contributed by atoms with van der Waals surface area (Å²) in [6.07, 6.45) is 0.646. The fourth-order valence-electron chi connectivity index (χ4n) is 1.32. The molecule has 1 aliphatic rings. The molecular formula is C10H10O4S. The Morgan fingerprint density at radius 2 is 2.00 bits per heavy atom. The van der Waals surface area contributed by atoms with Crippen LogP contribution in [0.5, 0.6) is 11.5 Å². The minimum Gasteiger partial charge on any atom is -0.486 e. The molecule has 0 N–H and O–H groups in total. The van der Waals surface area contributed by atoms with Gasteiger partial charge in [-0.3, -0.25) is 4.21 Å². The van der Waals surface area contributed by atoms with Crippen molar-refractivity contribution in [1.82, 2.24) is 0 Å². The second-order valence-electron chi connectivity index (χ2n) is 2.98. The Morgan fingerprint density at radius 1 is 1.27 bits per heavy atom. The Labute approximate surface area is 89.6 Å².